The predicted octanol–water partition coefficient (Wildman–Crippen LogP) is -0.907. The first-order chi connectivity index (χ1) is 4.89. The second-order valence-corrected chi connectivity index (χ2v) is 3.43. The van der Waals surface area contributed by atoms with Gasteiger partial charge in [0.25, 0.3) is 0 Å². The highest BCUT2D eigenvalue weighted by Gasteiger charge is 2.62. The molecule has 4 nitrogen and oxygen atoms in total. The van der Waals surface area contributed by atoms with Crippen molar-refractivity contribution in [3.8, 4) is 0 Å². The molecule has 1 aliphatic rings. The molecule has 1 unspecified atom stereocenters. The summed E-state index contributed by atoms with van der Waals surface area (Å²) in [6.07, 6.45) is 0. The highest BCUT2D eigenvalue weighted by molar-refractivity contribution is 5.86. The summed E-state index contributed by atoms with van der Waals surface area (Å²) in [7, 11) is 0. The first-order valence-corrected chi connectivity index (χ1v) is 3.32. The third-order valence-electron chi connectivity index (χ3n) is 2.35. The van der Waals surface area contributed by atoms with Gasteiger partial charge in [-0.3, -0.25) is 4.79 Å². The summed E-state index contributed by atoms with van der Waals surface area (Å²) >= 11 is 0. The highest BCUT2D eigenvalue weighted by atomic mass is 16.4. The number of hydrogen-bond acceptors (Lipinski definition) is 3. The monoisotopic (exact) mass is 157 g/mol. The fraction of sp³-hybridized carbons (Fsp3) is 0.714. The molecule has 1 aliphatic carbocycles. The third kappa shape index (κ3) is 0.982. The van der Waals surface area contributed by atoms with E-state index in [1.54, 1.807) is 13.8 Å². The summed E-state index contributed by atoms with van der Waals surface area (Å²) in [5.41, 5.74) is -0.634. The van der Waals surface area contributed by atoms with Crippen molar-refractivity contribution < 1.29 is 19.8 Å². The summed E-state index contributed by atoms with van der Waals surface area (Å²) in [5, 5.41) is 18.8. The predicted molar refractivity (Wildman–Crippen MR) is 33.4 cm³/mol. The van der Waals surface area contributed by atoms with Gasteiger partial charge in [-0.05, 0) is 5.41 Å². The van der Waals surface area contributed by atoms with Gasteiger partial charge in [0.15, 0.2) is 0 Å². The minimum atomic E-state index is -1.26. The standard InChI is InChI=1S/C7H10O4/c1-7(2)3(5(8)9)4(7)6(10)11/h3-4H,1-2H3,(H,8,9)(H,10,11)/p-1/t3-,4?/m1/s1. The van der Waals surface area contributed by atoms with Crippen molar-refractivity contribution in [3.05, 3.63) is 0 Å². The van der Waals surface area contributed by atoms with E-state index in [9.17, 15) is 14.7 Å². The fourth-order valence-electron chi connectivity index (χ4n) is 1.54. The van der Waals surface area contributed by atoms with Crippen LogP contribution in [0, 0.1) is 17.3 Å². The van der Waals surface area contributed by atoms with Crippen molar-refractivity contribution in [2.75, 3.05) is 0 Å². The Hall–Kier alpha value is -1.06. The van der Waals surface area contributed by atoms with E-state index in [4.69, 9.17) is 5.11 Å². The SMILES string of the molecule is CC1(C)C(C(=O)[O-])[C@@H]1C(=O)O. The molecule has 1 N–H and O–H groups in total. The Balaban J connectivity index is 2.76. The van der Waals surface area contributed by atoms with E-state index >= 15 is 0 Å². The molecular weight excluding hydrogens is 148 g/mol. The Labute approximate surface area is 63.8 Å². The van der Waals surface area contributed by atoms with Crippen LogP contribution in [0.2, 0.25) is 0 Å². The lowest BCUT2D eigenvalue weighted by Crippen LogP contribution is -2.27. The van der Waals surface area contributed by atoms with Crippen molar-refractivity contribution in [1.29, 1.82) is 0 Å². The normalized spacial score (nSPS) is 32.9. The smallest absolute Gasteiger partial charge is 0.307 e. The minimum Gasteiger partial charge on any atom is -0.550 e. The van der Waals surface area contributed by atoms with Crippen molar-refractivity contribution >= 4 is 11.9 Å². The number of hydrogen-bond donors (Lipinski definition) is 1. The van der Waals surface area contributed by atoms with Crippen molar-refractivity contribution in [3.63, 3.8) is 0 Å². The Bertz CT molecular complexity index is 196. The quantitative estimate of drug-likeness (QED) is 0.563. The number of carboxylic acids is 2. The van der Waals surface area contributed by atoms with Gasteiger partial charge < -0.3 is 15.0 Å². The van der Waals surface area contributed by atoms with Crippen molar-refractivity contribution in [1.82, 2.24) is 0 Å². The van der Waals surface area contributed by atoms with Crippen LogP contribution in [0.25, 0.3) is 0 Å². The molecule has 0 aromatic rings. The summed E-state index contributed by atoms with van der Waals surface area (Å²) in [6.45, 7) is 3.23. The van der Waals surface area contributed by atoms with Gasteiger partial charge in [-0.15, -0.1) is 0 Å². The molecule has 62 valence electrons. The molecule has 1 saturated carbocycles. The molecule has 4 heteroatoms. The average molecular weight is 157 g/mol. The Kier molecular flexibility index (Phi) is 1.44. The van der Waals surface area contributed by atoms with Crippen LogP contribution in [0.15, 0.2) is 0 Å². The average Bonchev–Trinajstić information content (AvgIpc) is 2.33. The summed E-state index contributed by atoms with van der Waals surface area (Å²) in [6, 6.07) is 0. The van der Waals surface area contributed by atoms with Gasteiger partial charge in [0.05, 0.1) is 5.92 Å². The van der Waals surface area contributed by atoms with Gasteiger partial charge in [0.1, 0.15) is 0 Å². The molecule has 0 radical (unpaired) electrons. The van der Waals surface area contributed by atoms with E-state index in [1.807, 2.05) is 0 Å². The molecule has 0 aromatic heterocycles. The van der Waals surface area contributed by atoms with Crippen LogP contribution in [0.1, 0.15) is 13.8 Å². The van der Waals surface area contributed by atoms with Gasteiger partial charge >= 0.3 is 5.97 Å². The van der Waals surface area contributed by atoms with E-state index in [2.05, 4.69) is 0 Å². The van der Waals surface area contributed by atoms with Gasteiger partial charge in [-0.2, -0.15) is 0 Å². The molecule has 1 fully saturated rings. The number of carboxylic acid groups (broad SMARTS) is 2. The zero-order chi connectivity index (χ0) is 8.81. The van der Waals surface area contributed by atoms with E-state index in [1.165, 1.54) is 0 Å². The molecule has 0 heterocycles. The highest BCUT2D eigenvalue weighted by Crippen LogP contribution is 2.57. The molecular formula is C7H9O4-. The van der Waals surface area contributed by atoms with Gasteiger partial charge in [-0.1, -0.05) is 13.8 Å². The van der Waals surface area contributed by atoms with Crippen LogP contribution < -0.4 is 5.11 Å². The molecule has 0 aliphatic heterocycles. The first kappa shape index (κ1) is 8.04. The third-order valence-corrected chi connectivity index (χ3v) is 2.35. The molecule has 1 rings (SSSR count). The molecule has 0 bridgehead atoms. The lowest BCUT2D eigenvalue weighted by molar-refractivity contribution is -0.309. The van der Waals surface area contributed by atoms with Gasteiger partial charge in [0, 0.05) is 11.9 Å². The maximum Gasteiger partial charge on any atom is 0.307 e. The topological polar surface area (TPSA) is 77.4 Å². The Morgan fingerprint density at radius 3 is 1.91 bits per heavy atom. The van der Waals surface area contributed by atoms with Crippen molar-refractivity contribution in [2.45, 2.75) is 13.8 Å². The number of aliphatic carboxylic acids is 2. The van der Waals surface area contributed by atoms with Crippen LogP contribution in [0.5, 0.6) is 0 Å². The molecule has 11 heavy (non-hydrogen) atoms. The maximum absolute atomic E-state index is 10.4. The molecule has 0 aromatic carbocycles. The zero-order valence-electron chi connectivity index (χ0n) is 6.33. The summed E-state index contributed by atoms with van der Waals surface area (Å²) in [5.74, 6) is -3.90. The van der Waals surface area contributed by atoms with E-state index in [0.29, 0.717) is 0 Å². The number of carbonyl (C=O) groups excluding carboxylic acids is 1. The maximum atomic E-state index is 10.4. The van der Waals surface area contributed by atoms with Gasteiger partial charge in [0.2, 0.25) is 0 Å². The second-order valence-electron chi connectivity index (χ2n) is 3.43. The summed E-state index contributed by atoms with van der Waals surface area (Å²) in [4.78, 5) is 20.7. The Morgan fingerprint density at radius 1 is 1.36 bits per heavy atom. The lowest BCUT2D eigenvalue weighted by Gasteiger charge is -2.00. The number of rotatable bonds is 2. The zero-order valence-corrected chi connectivity index (χ0v) is 6.33. The molecule has 0 spiro atoms. The molecule has 2 atom stereocenters. The molecule has 0 amide bonds. The minimum absolute atomic E-state index is 0.634. The lowest BCUT2D eigenvalue weighted by atomic mass is 10.1. The van der Waals surface area contributed by atoms with Crippen LogP contribution >= 0.6 is 0 Å². The van der Waals surface area contributed by atoms with Crippen molar-refractivity contribution in [2.24, 2.45) is 17.3 Å². The van der Waals surface area contributed by atoms with Crippen LogP contribution in [-0.4, -0.2) is 17.0 Å². The van der Waals surface area contributed by atoms with E-state index in [0.717, 1.165) is 0 Å². The first-order valence-electron chi connectivity index (χ1n) is 3.32. The Morgan fingerprint density at radius 2 is 1.82 bits per heavy atom. The number of carbonyl (C=O) groups is 2. The second kappa shape index (κ2) is 1.96. The van der Waals surface area contributed by atoms with Crippen LogP contribution in [0.3, 0.4) is 0 Å². The van der Waals surface area contributed by atoms with Gasteiger partial charge in [-0.25, -0.2) is 0 Å². The largest absolute Gasteiger partial charge is 0.550 e. The fourth-order valence-corrected chi connectivity index (χ4v) is 1.54. The summed E-state index contributed by atoms with van der Waals surface area (Å²) < 4.78 is 0. The molecule has 0 saturated heterocycles. The van der Waals surface area contributed by atoms with E-state index < -0.39 is 29.2 Å². The van der Waals surface area contributed by atoms with Crippen LogP contribution in [-0.2, 0) is 9.59 Å². The van der Waals surface area contributed by atoms with E-state index in [-0.39, 0.29) is 0 Å². The van der Waals surface area contributed by atoms with Crippen LogP contribution in [0.4, 0.5) is 0 Å².